The number of halogens is 4. The third-order valence-corrected chi connectivity index (χ3v) is 3.81. The van der Waals surface area contributed by atoms with E-state index in [0.717, 1.165) is 56.8 Å². The minimum atomic E-state index is -4.26. The number of alkyl halides is 3. The van der Waals surface area contributed by atoms with Crippen molar-refractivity contribution in [1.29, 1.82) is 0 Å². The van der Waals surface area contributed by atoms with Crippen LogP contribution >= 0.6 is 12.4 Å². The average molecular weight is 338 g/mol. The summed E-state index contributed by atoms with van der Waals surface area (Å²) in [6.45, 7) is 6.20. The van der Waals surface area contributed by atoms with Gasteiger partial charge in [-0.1, -0.05) is 12.1 Å². The standard InChI is InChI=1S/C15H22F3N3.ClH/c16-15(17,18)14-4-2-13(3-5-14)12-21-8-1-7-20(9-6-19)10-11-21;/h2-5H,1,6-12,19H2;1H. The van der Waals surface area contributed by atoms with E-state index in [2.05, 4.69) is 9.80 Å². The Morgan fingerprint density at radius 3 is 2.14 bits per heavy atom. The molecule has 0 unspecified atom stereocenters. The van der Waals surface area contributed by atoms with Crippen LogP contribution in [0.15, 0.2) is 24.3 Å². The molecule has 3 nitrogen and oxygen atoms in total. The first-order valence-corrected chi connectivity index (χ1v) is 7.30. The van der Waals surface area contributed by atoms with Gasteiger partial charge < -0.3 is 10.6 Å². The molecule has 1 heterocycles. The van der Waals surface area contributed by atoms with Gasteiger partial charge in [-0.25, -0.2) is 0 Å². The van der Waals surface area contributed by atoms with Gasteiger partial charge in [-0.15, -0.1) is 12.4 Å². The average Bonchev–Trinajstić information content (AvgIpc) is 2.65. The summed E-state index contributed by atoms with van der Waals surface area (Å²) in [5.41, 5.74) is 5.91. The van der Waals surface area contributed by atoms with Gasteiger partial charge in [0.05, 0.1) is 5.56 Å². The van der Waals surface area contributed by atoms with E-state index in [1.807, 2.05) is 0 Å². The van der Waals surface area contributed by atoms with Crippen molar-refractivity contribution >= 4 is 12.4 Å². The molecule has 0 saturated carbocycles. The predicted octanol–water partition coefficient (Wildman–Crippen LogP) is 2.59. The van der Waals surface area contributed by atoms with Crippen molar-refractivity contribution in [3.8, 4) is 0 Å². The highest BCUT2D eigenvalue weighted by molar-refractivity contribution is 5.85. The molecule has 1 saturated heterocycles. The van der Waals surface area contributed by atoms with Crippen LogP contribution in [0.2, 0.25) is 0 Å². The Morgan fingerprint density at radius 1 is 0.955 bits per heavy atom. The van der Waals surface area contributed by atoms with Gasteiger partial charge in [0, 0.05) is 32.7 Å². The number of hydrogen-bond donors (Lipinski definition) is 1. The number of rotatable bonds is 4. The maximum Gasteiger partial charge on any atom is 0.416 e. The largest absolute Gasteiger partial charge is 0.416 e. The molecule has 22 heavy (non-hydrogen) atoms. The number of nitrogens with zero attached hydrogens (tertiary/aromatic N) is 2. The first-order chi connectivity index (χ1) is 9.99. The summed E-state index contributed by atoms with van der Waals surface area (Å²) in [5.74, 6) is 0. The molecule has 1 aliphatic heterocycles. The van der Waals surface area contributed by atoms with Gasteiger partial charge in [0.1, 0.15) is 0 Å². The van der Waals surface area contributed by atoms with Crippen LogP contribution in [-0.2, 0) is 12.7 Å². The summed E-state index contributed by atoms with van der Waals surface area (Å²) in [5, 5.41) is 0. The lowest BCUT2D eigenvalue weighted by Gasteiger charge is -2.21. The molecule has 126 valence electrons. The molecule has 1 aliphatic rings. The van der Waals surface area contributed by atoms with E-state index in [1.165, 1.54) is 0 Å². The van der Waals surface area contributed by atoms with Crippen LogP contribution < -0.4 is 5.73 Å². The molecule has 1 fully saturated rings. The first kappa shape index (κ1) is 19.2. The summed E-state index contributed by atoms with van der Waals surface area (Å²) in [6.07, 6.45) is -3.19. The van der Waals surface area contributed by atoms with Crippen molar-refractivity contribution in [2.24, 2.45) is 5.73 Å². The van der Waals surface area contributed by atoms with Crippen LogP contribution in [-0.4, -0.2) is 49.1 Å². The topological polar surface area (TPSA) is 32.5 Å². The van der Waals surface area contributed by atoms with Crippen LogP contribution in [0.3, 0.4) is 0 Å². The van der Waals surface area contributed by atoms with Gasteiger partial charge in [0.15, 0.2) is 0 Å². The smallest absolute Gasteiger partial charge is 0.329 e. The van der Waals surface area contributed by atoms with E-state index in [-0.39, 0.29) is 12.4 Å². The lowest BCUT2D eigenvalue weighted by molar-refractivity contribution is -0.137. The Balaban J connectivity index is 0.00000242. The SMILES string of the molecule is Cl.NCCN1CCCN(Cc2ccc(C(F)(F)F)cc2)CC1. The second-order valence-corrected chi connectivity index (χ2v) is 5.45. The van der Waals surface area contributed by atoms with Gasteiger partial charge in [-0.3, -0.25) is 4.90 Å². The minimum absolute atomic E-state index is 0. The molecule has 1 aromatic carbocycles. The molecule has 0 spiro atoms. The Labute approximate surface area is 135 Å². The molecule has 0 bridgehead atoms. The number of hydrogen-bond acceptors (Lipinski definition) is 3. The van der Waals surface area contributed by atoms with Crippen LogP contribution in [0.1, 0.15) is 17.5 Å². The van der Waals surface area contributed by atoms with E-state index < -0.39 is 11.7 Å². The maximum absolute atomic E-state index is 12.5. The highest BCUT2D eigenvalue weighted by Crippen LogP contribution is 2.29. The van der Waals surface area contributed by atoms with Crippen molar-refractivity contribution in [3.05, 3.63) is 35.4 Å². The number of benzene rings is 1. The van der Waals surface area contributed by atoms with E-state index in [1.54, 1.807) is 12.1 Å². The molecule has 0 radical (unpaired) electrons. The van der Waals surface area contributed by atoms with Gasteiger partial charge in [0.2, 0.25) is 0 Å². The zero-order chi connectivity index (χ0) is 15.3. The van der Waals surface area contributed by atoms with E-state index >= 15 is 0 Å². The van der Waals surface area contributed by atoms with E-state index in [4.69, 9.17) is 5.73 Å². The van der Waals surface area contributed by atoms with Gasteiger partial charge in [-0.2, -0.15) is 13.2 Å². The molecular weight excluding hydrogens is 315 g/mol. The molecule has 0 amide bonds. The van der Waals surface area contributed by atoms with Crippen LogP contribution in [0.4, 0.5) is 13.2 Å². The molecule has 2 rings (SSSR count). The highest BCUT2D eigenvalue weighted by Gasteiger charge is 2.30. The molecule has 2 N–H and O–H groups in total. The fourth-order valence-corrected chi connectivity index (χ4v) is 2.65. The summed E-state index contributed by atoms with van der Waals surface area (Å²) in [6, 6.07) is 5.47. The van der Waals surface area contributed by atoms with Crippen molar-refractivity contribution < 1.29 is 13.2 Å². The first-order valence-electron chi connectivity index (χ1n) is 7.30. The van der Waals surface area contributed by atoms with Crippen molar-refractivity contribution in [2.45, 2.75) is 19.1 Å². The lowest BCUT2D eigenvalue weighted by Crippen LogP contribution is -2.33. The fourth-order valence-electron chi connectivity index (χ4n) is 2.65. The molecule has 7 heteroatoms. The summed E-state index contributed by atoms with van der Waals surface area (Å²) in [4.78, 5) is 4.63. The lowest BCUT2D eigenvalue weighted by atomic mass is 10.1. The fraction of sp³-hybridized carbons (Fsp3) is 0.600. The Bertz CT molecular complexity index is 437. The molecule has 1 aromatic rings. The Hall–Kier alpha value is -0.820. The third kappa shape index (κ3) is 5.76. The molecular formula is C15H23ClF3N3. The summed E-state index contributed by atoms with van der Waals surface area (Å²) >= 11 is 0. The second kappa shape index (κ2) is 8.72. The van der Waals surface area contributed by atoms with Crippen LogP contribution in [0.5, 0.6) is 0 Å². The van der Waals surface area contributed by atoms with E-state index in [0.29, 0.717) is 13.1 Å². The van der Waals surface area contributed by atoms with Crippen LogP contribution in [0, 0.1) is 0 Å². The minimum Gasteiger partial charge on any atom is -0.329 e. The summed E-state index contributed by atoms with van der Waals surface area (Å²) in [7, 11) is 0. The quantitative estimate of drug-likeness (QED) is 0.916. The highest BCUT2D eigenvalue weighted by atomic mass is 35.5. The van der Waals surface area contributed by atoms with Crippen LogP contribution in [0.25, 0.3) is 0 Å². The van der Waals surface area contributed by atoms with Crippen molar-refractivity contribution in [2.75, 3.05) is 39.3 Å². The summed E-state index contributed by atoms with van der Waals surface area (Å²) < 4.78 is 37.6. The van der Waals surface area contributed by atoms with Crippen molar-refractivity contribution in [3.63, 3.8) is 0 Å². The maximum atomic E-state index is 12.5. The Kier molecular flexibility index (Phi) is 7.62. The van der Waals surface area contributed by atoms with E-state index in [9.17, 15) is 13.2 Å². The van der Waals surface area contributed by atoms with Gasteiger partial charge in [0.25, 0.3) is 0 Å². The molecule has 0 atom stereocenters. The predicted molar refractivity (Wildman–Crippen MR) is 84.1 cm³/mol. The monoisotopic (exact) mass is 337 g/mol. The van der Waals surface area contributed by atoms with Gasteiger partial charge >= 0.3 is 6.18 Å². The zero-order valence-electron chi connectivity index (χ0n) is 12.5. The van der Waals surface area contributed by atoms with Gasteiger partial charge in [-0.05, 0) is 37.2 Å². The number of nitrogens with two attached hydrogens (primary N) is 1. The normalized spacial score (nSPS) is 17.8. The third-order valence-electron chi connectivity index (χ3n) is 3.81. The van der Waals surface area contributed by atoms with Crippen molar-refractivity contribution in [1.82, 2.24) is 9.80 Å². The zero-order valence-corrected chi connectivity index (χ0v) is 13.3. The Morgan fingerprint density at radius 2 is 1.55 bits per heavy atom. The second-order valence-electron chi connectivity index (χ2n) is 5.45. The molecule has 0 aromatic heterocycles. The molecule has 0 aliphatic carbocycles.